The second kappa shape index (κ2) is 4.92. The van der Waals surface area contributed by atoms with Crippen molar-refractivity contribution in [2.24, 2.45) is 0 Å². The van der Waals surface area contributed by atoms with E-state index in [1.54, 1.807) is 19.1 Å². The summed E-state index contributed by atoms with van der Waals surface area (Å²) in [6.07, 6.45) is 0. The number of ether oxygens (including phenoxy) is 1. The average molecular weight is 315 g/mol. The summed E-state index contributed by atoms with van der Waals surface area (Å²) in [5.74, 6) is -1.66. The van der Waals surface area contributed by atoms with Crippen molar-refractivity contribution in [3.8, 4) is 0 Å². The first-order valence-corrected chi connectivity index (χ1v) is 7.13. The Bertz CT molecular complexity index is 784. The number of imide groups is 1. The van der Waals surface area contributed by atoms with Gasteiger partial charge in [-0.15, -0.1) is 0 Å². The number of nitrogens with one attached hydrogen (secondary N) is 2. The number of hydrazine groups is 1. The van der Waals surface area contributed by atoms with Crippen LogP contribution in [0.15, 0.2) is 29.5 Å². The van der Waals surface area contributed by atoms with E-state index in [0.29, 0.717) is 5.69 Å². The lowest BCUT2D eigenvalue weighted by atomic mass is 9.95. The SMILES string of the molecule is COC(=O)C1=C2C(=O)N(c3ccc(C)c(C)c3)C(=O)[C@@]2(C)NN1. The predicted molar refractivity (Wildman–Crippen MR) is 82.1 cm³/mol. The van der Waals surface area contributed by atoms with Crippen molar-refractivity contribution in [2.45, 2.75) is 26.3 Å². The van der Waals surface area contributed by atoms with Crippen LogP contribution >= 0.6 is 0 Å². The number of anilines is 1. The molecule has 0 aromatic heterocycles. The number of esters is 1. The lowest BCUT2D eigenvalue weighted by Crippen LogP contribution is -2.51. The van der Waals surface area contributed by atoms with Crippen molar-refractivity contribution < 1.29 is 19.1 Å². The lowest BCUT2D eigenvalue weighted by molar-refractivity contribution is -0.137. The number of aryl methyl sites for hydroxylation is 2. The molecule has 23 heavy (non-hydrogen) atoms. The van der Waals surface area contributed by atoms with Crippen molar-refractivity contribution in [1.82, 2.24) is 10.9 Å². The third-order valence-electron chi connectivity index (χ3n) is 4.37. The Morgan fingerprint density at radius 3 is 2.52 bits per heavy atom. The molecule has 0 saturated carbocycles. The molecule has 0 bridgehead atoms. The number of nitrogens with zero attached hydrogens (tertiary/aromatic N) is 1. The monoisotopic (exact) mass is 315 g/mol. The molecule has 2 aliphatic heterocycles. The van der Waals surface area contributed by atoms with E-state index in [-0.39, 0.29) is 11.3 Å². The Kier molecular flexibility index (Phi) is 3.26. The van der Waals surface area contributed by atoms with E-state index < -0.39 is 23.3 Å². The van der Waals surface area contributed by atoms with Crippen LogP contribution in [0.1, 0.15) is 18.1 Å². The van der Waals surface area contributed by atoms with E-state index in [4.69, 9.17) is 0 Å². The van der Waals surface area contributed by atoms with Gasteiger partial charge in [0.25, 0.3) is 11.8 Å². The van der Waals surface area contributed by atoms with Gasteiger partial charge >= 0.3 is 5.97 Å². The number of rotatable bonds is 2. The van der Waals surface area contributed by atoms with E-state index in [0.717, 1.165) is 16.0 Å². The van der Waals surface area contributed by atoms with Gasteiger partial charge in [0.15, 0.2) is 0 Å². The number of hydrogen-bond acceptors (Lipinski definition) is 6. The van der Waals surface area contributed by atoms with E-state index in [9.17, 15) is 14.4 Å². The molecular weight excluding hydrogens is 298 g/mol. The minimum atomic E-state index is -1.29. The van der Waals surface area contributed by atoms with Crippen LogP contribution in [0.4, 0.5) is 5.69 Å². The van der Waals surface area contributed by atoms with Crippen LogP contribution < -0.4 is 15.8 Å². The summed E-state index contributed by atoms with van der Waals surface area (Å²) in [7, 11) is 1.22. The molecular formula is C16H17N3O4. The van der Waals surface area contributed by atoms with Crippen LogP contribution in [0.2, 0.25) is 0 Å². The van der Waals surface area contributed by atoms with E-state index in [1.807, 2.05) is 19.9 Å². The summed E-state index contributed by atoms with van der Waals surface area (Å²) < 4.78 is 4.67. The maximum atomic E-state index is 12.8. The molecule has 3 rings (SSSR count). The van der Waals surface area contributed by atoms with Gasteiger partial charge in [-0.05, 0) is 44.0 Å². The molecule has 1 atom stereocenters. The van der Waals surface area contributed by atoms with Crippen LogP contribution in [-0.2, 0) is 19.1 Å². The Hall–Kier alpha value is -2.67. The summed E-state index contributed by atoms with van der Waals surface area (Å²) in [4.78, 5) is 38.5. The van der Waals surface area contributed by atoms with Crippen molar-refractivity contribution in [3.05, 3.63) is 40.6 Å². The van der Waals surface area contributed by atoms with Gasteiger partial charge in [0.1, 0.15) is 11.2 Å². The van der Waals surface area contributed by atoms with Crippen molar-refractivity contribution in [2.75, 3.05) is 12.0 Å². The highest BCUT2D eigenvalue weighted by Gasteiger charge is 2.59. The van der Waals surface area contributed by atoms with Crippen LogP contribution in [0.3, 0.4) is 0 Å². The van der Waals surface area contributed by atoms with Gasteiger partial charge in [0.05, 0.1) is 18.4 Å². The van der Waals surface area contributed by atoms with Gasteiger partial charge in [-0.25, -0.2) is 15.1 Å². The van der Waals surface area contributed by atoms with Crippen LogP contribution in [0, 0.1) is 13.8 Å². The average Bonchev–Trinajstić information content (AvgIpc) is 2.96. The highest BCUT2D eigenvalue weighted by Crippen LogP contribution is 2.37. The Morgan fingerprint density at radius 1 is 1.22 bits per heavy atom. The number of fused-ring (bicyclic) bond motifs is 1. The molecule has 0 spiro atoms. The molecule has 1 aromatic rings. The fourth-order valence-electron chi connectivity index (χ4n) is 2.83. The minimum absolute atomic E-state index is 0.0281. The second-order valence-electron chi connectivity index (χ2n) is 5.83. The molecule has 2 heterocycles. The standard InChI is InChI=1S/C16H17N3O4/c1-8-5-6-10(7-9(8)2)19-13(20)11-12(14(21)23-4)17-18-16(11,3)15(19)22/h5-7,17-18H,1-4H3/t16-/m0/s1. The van der Waals surface area contributed by atoms with Crippen molar-refractivity contribution in [1.29, 1.82) is 0 Å². The maximum Gasteiger partial charge on any atom is 0.356 e. The molecule has 1 fully saturated rings. The second-order valence-corrected chi connectivity index (χ2v) is 5.83. The third kappa shape index (κ3) is 1.97. The number of hydrogen-bond donors (Lipinski definition) is 2. The largest absolute Gasteiger partial charge is 0.464 e. The first-order chi connectivity index (χ1) is 10.8. The highest BCUT2D eigenvalue weighted by molar-refractivity contribution is 6.34. The van der Waals surface area contributed by atoms with E-state index >= 15 is 0 Å². The fourth-order valence-corrected chi connectivity index (χ4v) is 2.83. The molecule has 2 aliphatic rings. The van der Waals surface area contributed by atoms with Crippen molar-refractivity contribution >= 4 is 23.5 Å². The summed E-state index contributed by atoms with van der Waals surface area (Å²) in [5, 5.41) is 0. The van der Waals surface area contributed by atoms with Gasteiger partial charge in [-0.1, -0.05) is 6.07 Å². The molecule has 0 unspecified atom stereocenters. The van der Waals surface area contributed by atoms with E-state index in [2.05, 4.69) is 15.6 Å². The Morgan fingerprint density at radius 2 is 1.91 bits per heavy atom. The number of amides is 2. The quantitative estimate of drug-likeness (QED) is 0.609. The summed E-state index contributed by atoms with van der Waals surface area (Å²) >= 11 is 0. The highest BCUT2D eigenvalue weighted by atomic mass is 16.5. The Labute approximate surface area is 133 Å². The molecule has 0 aliphatic carbocycles. The molecule has 1 saturated heterocycles. The summed E-state index contributed by atoms with van der Waals surface area (Å²) in [6.45, 7) is 5.42. The number of benzene rings is 1. The van der Waals surface area contributed by atoms with Gasteiger partial charge in [0.2, 0.25) is 0 Å². The maximum absolute atomic E-state index is 12.8. The molecule has 7 nitrogen and oxygen atoms in total. The van der Waals surface area contributed by atoms with Crippen molar-refractivity contribution in [3.63, 3.8) is 0 Å². The van der Waals surface area contributed by atoms with E-state index in [1.165, 1.54) is 7.11 Å². The predicted octanol–water partition coefficient (Wildman–Crippen LogP) is 0.470. The Balaban J connectivity index is 2.13. The number of methoxy groups -OCH3 is 1. The summed E-state index contributed by atoms with van der Waals surface area (Å²) in [6, 6.07) is 5.35. The first-order valence-electron chi connectivity index (χ1n) is 7.13. The zero-order valence-electron chi connectivity index (χ0n) is 13.3. The normalized spacial score (nSPS) is 23.2. The van der Waals surface area contributed by atoms with Crippen LogP contribution in [0.25, 0.3) is 0 Å². The molecule has 2 amide bonds. The fraction of sp³-hybridized carbons (Fsp3) is 0.312. The van der Waals surface area contributed by atoms with Crippen LogP contribution in [-0.4, -0.2) is 30.4 Å². The zero-order valence-corrected chi connectivity index (χ0v) is 13.3. The molecule has 120 valence electrons. The lowest BCUT2D eigenvalue weighted by Gasteiger charge is -2.20. The molecule has 7 heteroatoms. The molecule has 2 N–H and O–H groups in total. The van der Waals surface area contributed by atoms with Gasteiger partial charge in [-0.3, -0.25) is 9.59 Å². The van der Waals surface area contributed by atoms with Gasteiger partial charge in [-0.2, -0.15) is 0 Å². The van der Waals surface area contributed by atoms with Gasteiger partial charge in [0, 0.05) is 0 Å². The first kappa shape index (κ1) is 15.2. The van der Waals surface area contributed by atoms with Crippen LogP contribution in [0.5, 0.6) is 0 Å². The number of carbonyl (C=O) groups excluding carboxylic acids is 3. The molecule has 1 aromatic carbocycles. The minimum Gasteiger partial charge on any atom is -0.464 e. The van der Waals surface area contributed by atoms with Gasteiger partial charge < -0.3 is 10.2 Å². The smallest absolute Gasteiger partial charge is 0.356 e. The molecule has 0 radical (unpaired) electrons. The third-order valence-corrected chi connectivity index (χ3v) is 4.37. The topological polar surface area (TPSA) is 87.7 Å². The summed E-state index contributed by atoms with van der Waals surface area (Å²) in [5.41, 5.74) is 6.59. The zero-order chi connectivity index (χ0) is 16.9. The number of carbonyl (C=O) groups is 3.